The van der Waals surface area contributed by atoms with Gasteiger partial charge in [0.1, 0.15) is 5.78 Å². The van der Waals surface area contributed by atoms with Gasteiger partial charge in [-0.15, -0.1) is 0 Å². The summed E-state index contributed by atoms with van der Waals surface area (Å²) >= 11 is 0. The van der Waals surface area contributed by atoms with Gasteiger partial charge in [0.05, 0.1) is 0 Å². The quantitative estimate of drug-likeness (QED) is 0.288. The first-order chi connectivity index (χ1) is 16.2. The van der Waals surface area contributed by atoms with E-state index in [0.717, 1.165) is 25.7 Å². The number of benzene rings is 2. The van der Waals surface area contributed by atoms with Crippen molar-refractivity contribution in [3.63, 3.8) is 0 Å². The van der Waals surface area contributed by atoms with Crippen molar-refractivity contribution in [2.45, 2.75) is 84.0 Å². The predicted octanol–water partition coefficient (Wildman–Crippen LogP) is 8.51. The fourth-order valence-corrected chi connectivity index (χ4v) is 5.86. The minimum absolute atomic E-state index is 0.351. The number of carbonyl (C=O) groups is 1. The minimum atomic E-state index is 0.351. The first-order valence-electron chi connectivity index (χ1n) is 13.3. The molecule has 1 fully saturated rings. The highest BCUT2D eigenvalue weighted by molar-refractivity contribution is 5.87. The summed E-state index contributed by atoms with van der Waals surface area (Å²) in [5, 5.41) is 1.29. The van der Waals surface area contributed by atoms with Crippen LogP contribution in [0.5, 0.6) is 0 Å². The lowest BCUT2D eigenvalue weighted by molar-refractivity contribution is -0.124. The van der Waals surface area contributed by atoms with E-state index in [0.29, 0.717) is 17.6 Å². The second-order valence-corrected chi connectivity index (χ2v) is 10.3. The molecule has 1 atom stereocenters. The first-order valence-corrected chi connectivity index (χ1v) is 13.3. The highest BCUT2D eigenvalue weighted by atomic mass is 16.1. The van der Waals surface area contributed by atoms with Crippen LogP contribution < -0.4 is 0 Å². The maximum absolute atomic E-state index is 13.0. The van der Waals surface area contributed by atoms with Crippen LogP contribution in [0.1, 0.15) is 83.1 Å². The number of fused-ring (bicyclic) bond motifs is 1. The zero-order valence-corrected chi connectivity index (χ0v) is 20.7. The zero-order valence-electron chi connectivity index (χ0n) is 20.7. The smallest absolute Gasteiger partial charge is 0.136 e. The summed E-state index contributed by atoms with van der Waals surface area (Å²) in [4.78, 5) is 13.0. The molecule has 3 aromatic rings. The van der Waals surface area contributed by atoms with Gasteiger partial charge in [-0.2, -0.15) is 0 Å². The normalized spacial score (nSPS) is 16.1. The second kappa shape index (κ2) is 11.7. The zero-order chi connectivity index (χ0) is 23.0. The number of carbonyl (C=O) groups excluding carboxylic acids is 1. The van der Waals surface area contributed by atoms with Crippen LogP contribution in [0.25, 0.3) is 22.2 Å². The van der Waals surface area contributed by atoms with Crippen molar-refractivity contribution in [1.29, 1.82) is 0 Å². The van der Waals surface area contributed by atoms with Crippen molar-refractivity contribution in [3.8, 4) is 11.3 Å². The highest BCUT2D eigenvalue weighted by Gasteiger charge is 2.22. The molecule has 0 saturated heterocycles. The molecule has 176 valence electrons. The lowest BCUT2D eigenvalue weighted by Gasteiger charge is -2.19. The summed E-state index contributed by atoms with van der Waals surface area (Å²) in [5.74, 6) is 1.48. The molecule has 1 saturated carbocycles. The predicted molar refractivity (Wildman–Crippen MR) is 141 cm³/mol. The van der Waals surface area contributed by atoms with E-state index in [1.807, 2.05) is 0 Å². The molecular weight excluding hydrogens is 402 g/mol. The standard InChI is InChI=1S/C31H41NO/c1-3-12-24(22-31(33)26-16-6-4-5-7-17-26)13-10-14-25-15-11-19-27(21-25)30-23-28-18-8-9-20-29(28)32(30)2/h8-9,11,15,18-21,23-24,26H,3-7,10,12-14,16-17,22H2,1-2H3. The molecule has 2 nitrogen and oxygen atoms in total. The number of para-hydroxylation sites is 1. The van der Waals surface area contributed by atoms with E-state index in [-0.39, 0.29) is 0 Å². The van der Waals surface area contributed by atoms with Crippen LogP contribution in [0.3, 0.4) is 0 Å². The van der Waals surface area contributed by atoms with Gasteiger partial charge in [-0.05, 0) is 67.3 Å². The van der Waals surface area contributed by atoms with Crippen molar-refractivity contribution in [2.24, 2.45) is 18.9 Å². The van der Waals surface area contributed by atoms with Crippen LogP contribution >= 0.6 is 0 Å². The fourth-order valence-electron chi connectivity index (χ4n) is 5.86. The molecule has 0 aliphatic heterocycles. The van der Waals surface area contributed by atoms with Crippen molar-refractivity contribution in [1.82, 2.24) is 4.57 Å². The number of hydrogen-bond acceptors (Lipinski definition) is 1. The molecule has 2 heteroatoms. The van der Waals surface area contributed by atoms with E-state index in [9.17, 15) is 4.79 Å². The number of aromatic nitrogens is 1. The van der Waals surface area contributed by atoms with Crippen molar-refractivity contribution < 1.29 is 4.79 Å². The van der Waals surface area contributed by atoms with Gasteiger partial charge in [-0.3, -0.25) is 4.79 Å². The number of nitrogens with zero attached hydrogens (tertiary/aromatic N) is 1. The summed E-state index contributed by atoms with van der Waals surface area (Å²) < 4.78 is 2.30. The Kier molecular flexibility index (Phi) is 8.42. The molecule has 1 aromatic heterocycles. The summed E-state index contributed by atoms with van der Waals surface area (Å²) in [6.07, 6.45) is 14.0. The number of hydrogen-bond donors (Lipinski definition) is 0. The van der Waals surface area contributed by atoms with E-state index in [4.69, 9.17) is 0 Å². The molecule has 0 amide bonds. The van der Waals surface area contributed by atoms with Gasteiger partial charge >= 0.3 is 0 Å². The molecule has 4 rings (SSSR count). The van der Waals surface area contributed by atoms with Gasteiger partial charge in [0.15, 0.2) is 0 Å². The Morgan fingerprint density at radius 2 is 1.76 bits per heavy atom. The SMILES string of the molecule is CCCC(CCCc1cccc(-c2cc3ccccc3n2C)c1)CC(=O)C1CCCCCC1. The highest BCUT2D eigenvalue weighted by Crippen LogP contribution is 2.30. The molecule has 0 radical (unpaired) electrons. The van der Waals surface area contributed by atoms with Gasteiger partial charge < -0.3 is 4.57 Å². The Bertz CT molecular complexity index is 1040. The Balaban J connectivity index is 1.35. The molecule has 1 aliphatic carbocycles. The monoisotopic (exact) mass is 443 g/mol. The third-order valence-electron chi connectivity index (χ3n) is 7.75. The Hall–Kier alpha value is -2.35. The Morgan fingerprint density at radius 1 is 0.970 bits per heavy atom. The van der Waals surface area contributed by atoms with E-state index in [1.54, 1.807) is 0 Å². The molecule has 0 spiro atoms. The maximum atomic E-state index is 13.0. The van der Waals surface area contributed by atoms with Crippen molar-refractivity contribution >= 4 is 16.7 Å². The summed E-state index contributed by atoms with van der Waals surface area (Å²) in [6, 6.07) is 19.9. The Labute approximate surface area is 200 Å². The largest absolute Gasteiger partial charge is 0.344 e. The van der Waals surface area contributed by atoms with Crippen LogP contribution in [-0.4, -0.2) is 10.4 Å². The number of rotatable bonds is 10. The van der Waals surface area contributed by atoms with Gasteiger partial charge in [-0.25, -0.2) is 0 Å². The summed E-state index contributed by atoms with van der Waals surface area (Å²) in [7, 11) is 2.16. The van der Waals surface area contributed by atoms with Crippen molar-refractivity contribution in [3.05, 3.63) is 60.2 Å². The number of aryl methyl sites for hydroxylation is 2. The molecule has 1 aliphatic rings. The third kappa shape index (κ3) is 6.16. The average Bonchev–Trinajstić information content (AvgIpc) is 2.99. The fraction of sp³-hybridized carbons (Fsp3) is 0.516. The van der Waals surface area contributed by atoms with Gasteiger partial charge in [0.2, 0.25) is 0 Å². The molecule has 33 heavy (non-hydrogen) atoms. The molecule has 1 unspecified atom stereocenters. The van der Waals surface area contributed by atoms with E-state index < -0.39 is 0 Å². The molecule has 0 bridgehead atoms. The lowest BCUT2D eigenvalue weighted by Crippen LogP contribution is -2.18. The minimum Gasteiger partial charge on any atom is -0.344 e. The van der Waals surface area contributed by atoms with Gasteiger partial charge in [-0.1, -0.05) is 81.8 Å². The molecule has 2 aromatic carbocycles. The molecule has 1 heterocycles. The number of Topliss-reactive ketones (excluding diaryl/α,β-unsaturated/α-hetero) is 1. The summed E-state index contributed by atoms with van der Waals surface area (Å²) in [6.45, 7) is 2.26. The third-order valence-corrected chi connectivity index (χ3v) is 7.75. The van der Waals surface area contributed by atoms with E-state index in [2.05, 4.69) is 73.1 Å². The van der Waals surface area contributed by atoms with E-state index in [1.165, 1.54) is 79.1 Å². The maximum Gasteiger partial charge on any atom is 0.136 e. The van der Waals surface area contributed by atoms with Gasteiger partial charge in [0.25, 0.3) is 0 Å². The van der Waals surface area contributed by atoms with Crippen LogP contribution in [0.4, 0.5) is 0 Å². The first kappa shape index (κ1) is 23.8. The Morgan fingerprint density at radius 3 is 2.52 bits per heavy atom. The molecular formula is C31H41NO. The van der Waals surface area contributed by atoms with Crippen molar-refractivity contribution in [2.75, 3.05) is 0 Å². The second-order valence-electron chi connectivity index (χ2n) is 10.3. The van der Waals surface area contributed by atoms with E-state index >= 15 is 0 Å². The van der Waals surface area contributed by atoms with Crippen LogP contribution in [-0.2, 0) is 18.3 Å². The number of ketones is 1. The van der Waals surface area contributed by atoms with Crippen LogP contribution in [0, 0.1) is 11.8 Å². The van der Waals surface area contributed by atoms with Gasteiger partial charge in [0, 0.05) is 36.0 Å². The topological polar surface area (TPSA) is 22.0 Å². The average molecular weight is 444 g/mol. The summed E-state index contributed by atoms with van der Waals surface area (Å²) in [5.41, 5.74) is 5.25. The lowest BCUT2D eigenvalue weighted by atomic mass is 9.85. The van der Waals surface area contributed by atoms with Crippen LogP contribution in [0.2, 0.25) is 0 Å². The van der Waals surface area contributed by atoms with Crippen LogP contribution in [0.15, 0.2) is 54.6 Å². The molecule has 0 N–H and O–H groups in total.